The van der Waals surface area contributed by atoms with Gasteiger partial charge in [0.1, 0.15) is 0 Å². The number of nitrogens with one attached hydrogen (secondary N) is 1. The van der Waals surface area contributed by atoms with E-state index in [0.717, 1.165) is 40.6 Å². The third-order valence-electron chi connectivity index (χ3n) is 5.57. The van der Waals surface area contributed by atoms with E-state index in [4.69, 9.17) is 4.74 Å². The standard InChI is InChI=1S/C25H33N3O4S/c1-20-6-8-21(9-7-20)14-16-33(30,31)26-17-25(29)28(19-24-5-4-15-32-24)18-22-10-12-23(13-11-22)27(2)3/h6-14,16,24,26H,4-5,15,17-19H2,1-3H3/b16-14-/t24-/m0/s1. The summed E-state index contributed by atoms with van der Waals surface area (Å²) >= 11 is 0. The number of benzene rings is 2. The summed E-state index contributed by atoms with van der Waals surface area (Å²) in [5.74, 6) is -0.283. The number of hydrogen-bond donors (Lipinski definition) is 1. The van der Waals surface area contributed by atoms with Crippen LogP contribution in [0.25, 0.3) is 6.08 Å². The zero-order chi connectivity index (χ0) is 23.8. The second kappa shape index (κ2) is 11.4. The third kappa shape index (κ3) is 7.99. The van der Waals surface area contributed by atoms with E-state index in [0.29, 0.717) is 19.7 Å². The van der Waals surface area contributed by atoms with Crippen LogP contribution in [0.1, 0.15) is 29.5 Å². The fraction of sp³-hybridized carbons (Fsp3) is 0.400. The molecule has 0 bridgehead atoms. The Labute approximate surface area is 197 Å². The topological polar surface area (TPSA) is 79.0 Å². The van der Waals surface area contributed by atoms with E-state index in [1.807, 2.05) is 74.4 Å². The molecule has 1 aliphatic rings. The molecule has 33 heavy (non-hydrogen) atoms. The summed E-state index contributed by atoms with van der Waals surface area (Å²) in [4.78, 5) is 16.7. The molecule has 0 unspecified atom stereocenters. The molecule has 0 saturated carbocycles. The van der Waals surface area contributed by atoms with Gasteiger partial charge in [-0.2, -0.15) is 0 Å². The summed E-state index contributed by atoms with van der Waals surface area (Å²) in [5.41, 5.74) is 3.93. The highest BCUT2D eigenvalue weighted by Crippen LogP contribution is 2.17. The number of ether oxygens (including phenoxy) is 1. The van der Waals surface area contributed by atoms with Gasteiger partial charge in [-0.05, 0) is 49.1 Å². The fourth-order valence-electron chi connectivity index (χ4n) is 3.58. The Morgan fingerprint density at radius 1 is 1.12 bits per heavy atom. The second-order valence-electron chi connectivity index (χ2n) is 8.55. The van der Waals surface area contributed by atoms with Crippen LogP contribution < -0.4 is 9.62 Å². The SMILES string of the molecule is Cc1ccc(/C=C\S(=O)(=O)NCC(=O)N(Cc2ccc(N(C)C)cc2)C[C@@H]2CCCO2)cc1. The lowest BCUT2D eigenvalue weighted by atomic mass is 10.1. The quantitative estimate of drug-likeness (QED) is 0.576. The number of aryl methyl sites for hydroxylation is 1. The monoisotopic (exact) mass is 471 g/mol. The molecule has 7 nitrogen and oxygen atoms in total. The predicted octanol–water partition coefficient (Wildman–Crippen LogP) is 3.16. The van der Waals surface area contributed by atoms with Crippen LogP contribution in [0, 0.1) is 6.92 Å². The van der Waals surface area contributed by atoms with Gasteiger partial charge in [0.15, 0.2) is 0 Å². The average molecular weight is 472 g/mol. The molecule has 0 aromatic heterocycles. The minimum absolute atomic E-state index is 0.0203. The van der Waals surface area contributed by atoms with Crippen LogP contribution in [-0.4, -0.2) is 59.1 Å². The number of carbonyl (C=O) groups excluding carboxylic acids is 1. The van der Waals surface area contributed by atoms with E-state index in [1.54, 1.807) is 4.90 Å². The van der Waals surface area contributed by atoms with Crippen molar-refractivity contribution in [2.75, 3.05) is 38.7 Å². The molecule has 1 saturated heterocycles. The Balaban J connectivity index is 1.63. The van der Waals surface area contributed by atoms with E-state index >= 15 is 0 Å². The molecule has 1 fully saturated rings. The maximum atomic E-state index is 13.0. The van der Waals surface area contributed by atoms with Crippen LogP contribution in [0.4, 0.5) is 5.69 Å². The zero-order valence-electron chi connectivity index (χ0n) is 19.5. The van der Waals surface area contributed by atoms with Crippen molar-refractivity contribution in [1.29, 1.82) is 0 Å². The summed E-state index contributed by atoms with van der Waals surface area (Å²) < 4.78 is 32.9. The van der Waals surface area contributed by atoms with Gasteiger partial charge >= 0.3 is 0 Å². The van der Waals surface area contributed by atoms with Crippen molar-refractivity contribution < 1.29 is 17.9 Å². The molecule has 8 heteroatoms. The Bertz CT molecular complexity index is 1040. The molecule has 1 amide bonds. The van der Waals surface area contributed by atoms with Crippen LogP contribution in [0.15, 0.2) is 53.9 Å². The third-order valence-corrected chi connectivity index (χ3v) is 6.61. The highest BCUT2D eigenvalue weighted by molar-refractivity contribution is 7.92. The molecule has 1 heterocycles. The van der Waals surface area contributed by atoms with Crippen molar-refractivity contribution in [3.8, 4) is 0 Å². The first-order valence-corrected chi connectivity index (χ1v) is 12.7. The van der Waals surface area contributed by atoms with Gasteiger partial charge in [0.25, 0.3) is 0 Å². The summed E-state index contributed by atoms with van der Waals surface area (Å²) in [5, 5.41) is 1.09. The molecular weight excluding hydrogens is 438 g/mol. The number of nitrogens with zero attached hydrogens (tertiary/aromatic N) is 2. The molecule has 1 N–H and O–H groups in total. The van der Waals surface area contributed by atoms with Crippen molar-refractivity contribution in [1.82, 2.24) is 9.62 Å². The lowest BCUT2D eigenvalue weighted by Crippen LogP contribution is -2.42. The summed E-state index contributed by atoms with van der Waals surface area (Å²) in [7, 11) is 0.199. The highest BCUT2D eigenvalue weighted by atomic mass is 32.2. The predicted molar refractivity (Wildman–Crippen MR) is 132 cm³/mol. The second-order valence-corrected chi connectivity index (χ2v) is 10.2. The van der Waals surface area contributed by atoms with Gasteiger partial charge in [0.2, 0.25) is 15.9 Å². The van der Waals surface area contributed by atoms with Crippen molar-refractivity contribution in [2.24, 2.45) is 0 Å². The van der Waals surface area contributed by atoms with Crippen molar-refractivity contribution in [2.45, 2.75) is 32.4 Å². The van der Waals surface area contributed by atoms with Gasteiger partial charge in [-0.15, -0.1) is 0 Å². The maximum absolute atomic E-state index is 13.0. The van der Waals surface area contributed by atoms with Gasteiger partial charge in [-0.3, -0.25) is 4.79 Å². The minimum atomic E-state index is -3.75. The largest absolute Gasteiger partial charge is 0.378 e. The molecule has 1 atom stereocenters. The van der Waals surface area contributed by atoms with E-state index < -0.39 is 10.0 Å². The van der Waals surface area contributed by atoms with Gasteiger partial charge in [-0.25, -0.2) is 13.1 Å². The van der Waals surface area contributed by atoms with Crippen LogP contribution in [-0.2, 0) is 26.1 Å². The van der Waals surface area contributed by atoms with Crippen molar-refractivity contribution >= 4 is 27.7 Å². The molecule has 178 valence electrons. The van der Waals surface area contributed by atoms with Gasteiger partial charge in [0, 0.05) is 44.9 Å². The molecular formula is C25H33N3O4S. The first-order chi connectivity index (χ1) is 15.7. The van der Waals surface area contributed by atoms with Crippen LogP contribution in [0.3, 0.4) is 0 Å². The minimum Gasteiger partial charge on any atom is -0.378 e. The lowest BCUT2D eigenvalue weighted by Gasteiger charge is -2.26. The van der Waals surface area contributed by atoms with Crippen molar-refractivity contribution in [3.63, 3.8) is 0 Å². The van der Waals surface area contributed by atoms with Crippen LogP contribution >= 0.6 is 0 Å². The Morgan fingerprint density at radius 2 is 1.82 bits per heavy atom. The number of anilines is 1. The molecule has 0 aliphatic carbocycles. The van der Waals surface area contributed by atoms with Gasteiger partial charge < -0.3 is 14.5 Å². The lowest BCUT2D eigenvalue weighted by molar-refractivity contribution is -0.132. The Kier molecular flexibility index (Phi) is 8.66. The first kappa shape index (κ1) is 25.0. The number of sulfonamides is 1. The van der Waals surface area contributed by atoms with E-state index in [-0.39, 0.29) is 18.6 Å². The maximum Gasteiger partial charge on any atom is 0.238 e. The van der Waals surface area contributed by atoms with Gasteiger partial charge in [0.05, 0.1) is 12.6 Å². The number of carbonyl (C=O) groups is 1. The van der Waals surface area contributed by atoms with Crippen molar-refractivity contribution in [3.05, 3.63) is 70.6 Å². The highest BCUT2D eigenvalue weighted by Gasteiger charge is 2.23. The number of rotatable bonds is 10. The fourth-order valence-corrected chi connectivity index (χ4v) is 4.33. The first-order valence-electron chi connectivity index (χ1n) is 11.1. The summed E-state index contributed by atoms with van der Waals surface area (Å²) in [6.07, 6.45) is 3.37. The number of amides is 1. The Hall–Kier alpha value is -2.68. The molecule has 2 aromatic carbocycles. The van der Waals surface area contributed by atoms with E-state index in [2.05, 4.69) is 4.72 Å². The average Bonchev–Trinajstić information content (AvgIpc) is 3.30. The summed E-state index contributed by atoms with van der Waals surface area (Å²) in [6, 6.07) is 15.5. The normalized spacial score (nSPS) is 16.3. The molecule has 3 rings (SSSR count). The summed E-state index contributed by atoms with van der Waals surface area (Å²) in [6.45, 7) is 3.20. The molecule has 0 radical (unpaired) electrons. The zero-order valence-corrected chi connectivity index (χ0v) is 20.3. The smallest absolute Gasteiger partial charge is 0.238 e. The molecule has 2 aromatic rings. The Morgan fingerprint density at radius 3 is 2.42 bits per heavy atom. The van der Waals surface area contributed by atoms with Crippen LogP contribution in [0.2, 0.25) is 0 Å². The van der Waals surface area contributed by atoms with Gasteiger partial charge in [-0.1, -0.05) is 42.0 Å². The molecule has 1 aliphatic heterocycles. The number of hydrogen-bond acceptors (Lipinski definition) is 5. The van der Waals surface area contributed by atoms with Crippen LogP contribution in [0.5, 0.6) is 0 Å². The van der Waals surface area contributed by atoms with E-state index in [1.165, 1.54) is 6.08 Å². The molecule has 0 spiro atoms. The van der Waals surface area contributed by atoms with E-state index in [9.17, 15) is 13.2 Å².